The fourth-order valence-electron chi connectivity index (χ4n) is 1.69. The van der Waals surface area contributed by atoms with Crippen molar-refractivity contribution in [2.75, 3.05) is 33.4 Å². The van der Waals surface area contributed by atoms with E-state index in [0.29, 0.717) is 31.1 Å². The van der Waals surface area contributed by atoms with Crippen LogP contribution in [0.1, 0.15) is 11.1 Å². The van der Waals surface area contributed by atoms with Crippen molar-refractivity contribution in [1.82, 2.24) is 10.0 Å². The van der Waals surface area contributed by atoms with Gasteiger partial charge in [0.15, 0.2) is 0 Å². The molecule has 0 saturated heterocycles. The number of aryl methyl sites for hydroxylation is 2. The molecule has 0 bridgehead atoms. The number of hydrogen-bond acceptors (Lipinski definition) is 4. The molecule has 8 heteroatoms. The fourth-order valence-corrected chi connectivity index (χ4v) is 3.49. The molecule has 21 heavy (non-hydrogen) atoms. The molecule has 0 aliphatic heterocycles. The van der Waals surface area contributed by atoms with Gasteiger partial charge in [0, 0.05) is 31.2 Å². The van der Waals surface area contributed by atoms with Crippen molar-refractivity contribution in [3.8, 4) is 0 Å². The zero-order valence-corrected chi connectivity index (χ0v) is 15.6. The van der Waals surface area contributed by atoms with Gasteiger partial charge >= 0.3 is 0 Å². The van der Waals surface area contributed by atoms with E-state index in [4.69, 9.17) is 4.74 Å². The highest BCUT2D eigenvalue weighted by Crippen LogP contribution is 2.23. The monoisotopic (exact) mass is 400 g/mol. The van der Waals surface area contributed by atoms with E-state index in [1.165, 1.54) is 0 Å². The Bertz CT molecular complexity index is 553. The summed E-state index contributed by atoms with van der Waals surface area (Å²) in [6.07, 6.45) is 0. The van der Waals surface area contributed by atoms with Gasteiger partial charge in [0.1, 0.15) is 0 Å². The van der Waals surface area contributed by atoms with Gasteiger partial charge in [-0.05, 0) is 37.1 Å². The van der Waals surface area contributed by atoms with Gasteiger partial charge < -0.3 is 10.1 Å². The molecule has 0 spiro atoms. The van der Waals surface area contributed by atoms with Crippen LogP contribution in [0.15, 0.2) is 21.5 Å². The van der Waals surface area contributed by atoms with E-state index in [9.17, 15) is 8.42 Å². The second kappa shape index (κ2) is 9.76. The smallest absolute Gasteiger partial charge is 0.240 e. The van der Waals surface area contributed by atoms with Gasteiger partial charge in [-0.3, -0.25) is 0 Å². The first-order valence-electron chi connectivity index (χ1n) is 6.34. The maximum atomic E-state index is 12.2. The summed E-state index contributed by atoms with van der Waals surface area (Å²) >= 11 is 3.40. The number of methoxy groups -OCH3 is 1. The molecule has 0 aliphatic carbocycles. The number of rotatable bonds is 8. The quantitative estimate of drug-likeness (QED) is 0.654. The molecule has 2 N–H and O–H groups in total. The summed E-state index contributed by atoms with van der Waals surface area (Å²) in [4.78, 5) is 0.329. The Morgan fingerprint density at radius 3 is 2.43 bits per heavy atom. The van der Waals surface area contributed by atoms with E-state index in [1.807, 2.05) is 13.0 Å². The van der Waals surface area contributed by atoms with Gasteiger partial charge in [-0.25, -0.2) is 13.1 Å². The van der Waals surface area contributed by atoms with Crippen molar-refractivity contribution < 1.29 is 13.2 Å². The maximum Gasteiger partial charge on any atom is 0.240 e. The van der Waals surface area contributed by atoms with Gasteiger partial charge in [-0.2, -0.15) is 0 Å². The third-order valence-corrected chi connectivity index (χ3v) is 5.28. The van der Waals surface area contributed by atoms with Crippen LogP contribution in [0.5, 0.6) is 0 Å². The lowest BCUT2D eigenvalue weighted by molar-refractivity contribution is 0.199. The molecule has 0 fully saturated rings. The average molecular weight is 402 g/mol. The number of nitrogens with one attached hydrogen (secondary N) is 2. The van der Waals surface area contributed by atoms with E-state index in [-0.39, 0.29) is 12.4 Å². The molecule has 122 valence electrons. The Hall–Kier alpha value is -0.180. The molecule has 5 nitrogen and oxygen atoms in total. The number of hydrogen-bond donors (Lipinski definition) is 2. The Balaban J connectivity index is 0.00000400. The predicted octanol–water partition coefficient (Wildman–Crippen LogP) is 2.00. The minimum Gasteiger partial charge on any atom is -0.383 e. The molecule has 0 saturated carbocycles. The van der Waals surface area contributed by atoms with Crippen LogP contribution >= 0.6 is 28.3 Å². The first-order valence-corrected chi connectivity index (χ1v) is 8.62. The number of ether oxygens (including phenoxy) is 1. The first-order chi connectivity index (χ1) is 9.38. The Morgan fingerprint density at radius 1 is 1.14 bits per heavy atom. The molecule has 1 aromatic carbocycles. The largest absolute Gasteiger partial charge is 0.383 e. The average Bonchev–Trinajstić information content (AvgIpc) is 2.37. The van der Waals surface area contributed by atoms with Crippen molar-refractivity contribution in [2.45, 2.75) is 18.7 Å². The molecule has 0 aliphatic rings. The van der Waals surface area contributed by atoms with E-state index in [0.717, 1.165) is 15.6 Å². The van der Waals surface area contributed by atoms with Crippen LogP contribution in [-0.2, 0) is 14.8 Å². The fraction of sp³-hybridized carbons (Fsp3) is 0.538. The molecule has 0 unspecified atom stereocenters. The third kappa shape index (κ3) is 6.63. The summed E-state index contributed by atoms with van der Waals surface area (Å²) in [6.45, 7) is 5.88. The van der Waals surface area contributed by atoms with Crippen molar-refractivity contribution in [3.05, 3.63) is 27.7 Å². The molecular weight excluding hydrogens is 380 g/mol. The highest BCUT2D eigenvalue weighted by atomic mass is 79.9. The SMILES string of the molecule is COCCNCCNS(=O)(=O)c1cc(C)c(Br)cc1C.Cl. The minimum atomic E-state index is -3.47. The summed E-state index contributed by atoms with van der Waals surface area (Å²) in [5, 5.41) is 3.09. The summed E-state index contributed by atoms with van der Waals surface area (Å²) in [6, 6.07) is 3.50. The van der Waals surface area contributed by atoms with E-state index >= 15 is 0 Å². The minimum absolute atomic E-state index is 0. The van der Waals surface area contributed by atoms with Crippen molar-refractivity contribution in [3.63, 3.8) is 0 Å². The maximum absolute atomic E-state index is 12.2. The van der Waals surface area contributed by atoms with Crippen LogP contribution in [0.4, 0.5) is 0 Å². The van der Waals surface area contributed by atoms with Gasteiger partial charge in [0.2, 0.25) is 10.0 Å². The van der Waals surface area contributed by atoms with Gasteiger partial charge in [0.05, 0.1) is 11.5 Å². The number of halogens is 2. The van der Waals surface area contributed by atoms with Crippen LogP contribution in [0.3, 0.4) is 0 Å². The molecule has 0 aromatic heterocycles. The van der Waals surface area contributed by atoms with Crippen molar-refractivity contribution in [1.29, 1.82) is 0 Å². The highest BCUT2D eigenvalue weighted by molar-refractivity contribution is 9.10. The van der Waals surface area contributed by atoms with Crippen LogP contribution in [-0.4, -0.2) is 41.8 Å². The lowest BCUT2D eigenvalue weighted by Crippen LogP contribution is -2.33. The standard InChI is InChI=1S/C13H21BrN2O3S.ClH/c1-10-9-13(11(2)8-12(10)14)20(17,18)16-5-4-15-6-7-19-3;/h8-9,15-16H,4-7H2,1-3H3;1H. The summed E-state index contributed by atoms with van der Waals surface area (Å²) in [7, 11) is -1.84. The van der Waals surface area contributed by atoms with Gasteiger partial charge in [-0.1, -0.05) is 15.9 Å². The normalized spacial score (nSPS) is 11.2. The van der Waals surface area contributed by atoms with Crippen molar-refractivity contribution >= 4 is 38.4 Å². The second-order valence-electron chi connectivity index (χ2n) is 4.51. The van der Waals surface area contributed by atoms with Crippen LogP contribution in [0.2, 0.25) is 0 Å². The number of benzene rings is 1. The molecule has 0 heterocycles. The van der Waals surface area contributed by atoms with Crippen molar-refractivity contribution in [2.24, 2.45) is 0 Å². The first kappa shape index (κ1) is 20.8. The van der Waals surface area contributed by atoms with Crippen LogP contribution in [0.25, 0.3) is 0 Å². The Labute approximate surface area is 141 Å². The van der Waals surface area contributed by atoms with Crippen LogP contribution < -0.4 is 10.0 Å². The lowest BCUT2D eigenvalue weighted by Gasteiger charge is -2.11. The zero-order valence-electron chi connectivity index (χ0n) is 12.4. The van der Waals surface area contributed by atoms with Crippen LogP contribution in [0, 0.1) is 13.8 Å². The van der Waals surface area contributed by atoms with E-state index in [2.05, 4.69) is 26.0 Å². The van der Waals surface area contributed by atoms with E-state index < -0.39 is 10.0 Å². The summed E-state index contributed by atoms with van der Waals surface area (Å²) in [5.41, 5.74) is 1.62. The van der Waals surface area contributed by atoms with Gasteiger partial charge in [0.25, 0.3) is 0 Å². The second-order valence-corrected chi connectivity index (χ2v) is 7.10. The summed E-state index contributed by atoms with van der Waals surface area (Å²) < 4.78 is 32.9. The topological polar surface area (TPSA) is 67.4 Å². The lowest BCUT2D eigenvalue weighted by atomic mass is 10.2. The zero-order chi connectivity index (χ0) is 15.2. The Morgan fingerprint density at radius 2 is 1.81 bits per heavy atom. The molecule has 0 radical (unpaired) electrons. The summed E-state index contributed by atoms with van der Waals surface area (Å²) in [5.74, 6) is 0. The third-order valence-electron chi connectivity index (χ3n) is 2.82. The predicted molar refractivity (Wildman–Crippen MR) is 90.8 cm³/mol. The Kier molecular flexibility index (Phi) is 9.68. The van der Waals surface area contributed by atoms with Gasteiger partial charge in [-0.15, -0.1) is 12.4 Å². The number of sulfonamides is 1. The van der Waals surface area contributed by atoms with E-state index in [1.54, 1.807) is 20.1 Å². The molecule has 0 amide bonds. The highest BCUT2D eigenvalue weighted by Gasteiger charge is 2.17. The molecule has 1 rings (SSSR count). The molecule has 0 atom stereocenters. The molecule has 1 aromatic rings. The molecular formula is C13H22BrClN2O3S.